The number of hydrogen-bond acceptors (Lipinski definition) is 3. The molecule has 0 bridgehead atoms. The Labute approximate surface area is 143 Å². The lowest BCUT2D eigenvalue weighted by atomic mass is 10.1. The van der Waals surface area contributed by atoms with Gasteiger partial charge >= 0.3 is 5.97 Å². The van der Waals surface area contributed by atoms with Crippen molar-refractivity contribution in [3.8, 4) is 0 Å². The Hall–Kier alpha value is -1.98. The van der Waals surface area contributed by atoms with E-state index in [4.69, 9.17) is 11.6 Å². The lowest BCUT2D eigenvalue weighted by molar-refractivity contribution is -0.141. The Kier molecular flexibility index (Phi) is 4.59. The van der Waals surface area contributed by atoms with Gasteiger partial charge in [-0.25, -0.2) is 4.79 Å². The number of amides is 1. The van der Waals surface area contributed by atoms with Crippen LogP contribution in [0.2, 0.25) is 5.02 Å². The lowest BCUT2D eigenvalue weighted by Crippen LogP contribution is -2.42. The molecule has 0 saturated carbocycles. The van der Waals surface area contributed by atoms with Crippen molar-refractivity contribution in [3.05, 3.63) is 70.7 Å². The van der Waals surface area contributed by atoms with Crippen LogP contribution in [0.1, 0.15) is 21.3 Å². The van der Waals surface area contributed by atoms with Crippen molar-refractivity contribution >= 4 is 35.2 Å². The van der Waals surface area contributed by atoms with E-state index in [0.717, 1.165) is 5.56 Å². The van der Waals surface area contributed by atoms with Gasteiger partial charge in [0.25, 0.3) is 5.91 Å². The first-order chi connectivity index (χ1) is 11.1. The molecule has 2 atom stereocenters. The molecule has 1 saturated heterocycles. The van der Waals surface area contributed by atoms with Gasteiger partial charge in [0, 0.05) is 16.3 Å². The van der Waals surface area contributed by atoms with Gasteiger partial charge in [0.2, 0.25) is 0 Å². The Morgan fingerprint density at radius 3 is 2.35 bits per heavy atom. The second-order valence-corrected chi connectivity index (χ2v) is 6.72. The summed E-state index contributed by atoms with van der Waals surface area (Å²) >= 11 is 7.32. The van der Waals surface area contributed by atoms with Gasteiger partial charge in [0.15, 0.2) is 0 Å². The Balaban J connectivity index is 1.97. The van der Waals surface area contributed by atoms with Crippen molar-refractivity contribution in [3.63, 3.8) is 0 Å². The summed E-state index contributed by atoms with van der Waals surface area (Å²) < 4.78 is 0. The number of thioether (sulfide) groups is 1. The fourth-order valence-electron chi connectivity index (χ4n) is 2.56. The van der Waals surface area contributed by atoms with Crippen molar-refractivity contribution < 1.29 is 14.7 Å². The molecule has 4 nitrogen and oxygen atoms in total. The highest BCUT2D eigenvalue weighted by molar-refractivity contribution is 7.99. The highest BCUT2D eigenvalue weighted by atomic mass is 35.5. The van der Waals surface area contributed by atoms with E-state index in [-0.39, 0.29) is 11.3 Å². The van der Waals surface area contributed by atoms with E-state index in [2.05, 4.69) is 0 Å². The van der Waals surface area contributed by atoms with Crippen molar-refractivity contribution in [2.45, 2.75) is 11.4 Å². The largest absolute Gasteiger partial charge is 0.480 e. The molecule has 0 radical (unpaired) electrons. The molecule has 2 aromatic carbocycles. The molecule has 1 aliphatic rings. The van der Waals surface area contributed by atoms with E-state index in [0.29, 0.717) is 16.3 Å². The summed E-state index contributed by atoms with van der Waals surface area (Å²) in [5, 5.41) is 9.69. The summed E-state index contributed by atoms with van der Waals surface area (Å²) in [5.41, 5.74) is 1.35. The molecule has 23 heavy (non-hydrogen) atoms. The third-order valence-electron chi connectivity index (χ3n) is 3.70. The number of aliphatic carboxylic acids is 1. The molecule has 1 fully saturated rings. The number of nitrogens with zero attached hydrogens (tertiary/aromatic N) is 1. The number of rotatable bonds is 3. The van der Waals surface area contributed by atoms with Gasteiger partial charge in [0.1, 0.15) is 11.4 Å². The third-order valence-corrected chi connectivity index (χ3v) is 5.27. The molecule has 1 heterocycles. The summed E-state index contributed by atoms with van der Waals surface area (Å²) in [5.74, 6) is -0.917. The van der Waals surface area contributed by atoms with Crippen molar-refractivity contribution in [1.82, 2.24) is 4.90 Å². The van der Waals surface area contributed by atoms with Crippen molar-refractivity contribution in [2.75, 3.05) is 5.75 Å². The van der Waals surface area contributed by atoms with Crippen LogP contribution in [0.4, 0.5) is 0 Å². The first-order valence-electron chi connectivity index (χ1n) is 7.05. The molecule has 1 amide bonds. The number of halogens is 1. The van der Waals surface area contributed by atoms with Gasteiger partial charge in [-0.05, 0) is 29.8 Å². The maximum atomic E-state index is 12.9. The first-order valence-corrected chi connectivity index (χ1v) is 8.48. The van der Waals surface area contributed by atoms with Crippen molar-refractivity contribution in [1.29, 1.82) is 0 Å². The second-order valence-electron chi connectivity index (χ2n) is 5.17. The van der Waals surface area contributed by atoms with Gasteiger partial charge in [-0.2, -0.15) is 0 Å². The van der Waals surface area contributed by atoms with Crippen LogP contribution in [-0.4, -0.2) is 33.7 Å². The molecule has 0 aromatic heterocycles. The van der Waals surface area contributed by atoms with Crippen molar-refractivity contribution in [2.24, 2.45) is 0 Å². The molecule has 1 N–H and O–H groups in total. The SMILES string of the molecule is O=C(O)[C@@H]1CS[C@H](c2ccccc2)N1C(=O)c1ccc(Cl)cc1. The van der Waals surface area contributed by atoms with Crippen LogP contribution in [0, 0.1) is 0 Å². The fraction of sp³-hybridized carbons (Fsp3) is 0.176. The molecule has 0 unspecified atom stereocenters. The van der Waals surface area contributed by atoms with Gasteiger partial charge < -0.3 is 10.0 Å². The second kappa shape index (κ2) is 6.64. The summed E-state index contributed by atoms with van der Waals surface area (Å²) in [6.07, 6.45) is 0. The monoisotopic (exact) mass is 347 g/mol. The van der Waals surface area contributed by atoms with Crippen LogP contribution in [0.3, 0.4) is 0 Å². The van der Waals surface area contributed by atoms with Crippen LogP contribution >= 0.6 is 23.4 Å². The van der Waals surface area contributed by atoms with E-state index in [1.54, 1.807) is 24.3 Å². The Morgan fingerprint density at radius 2 is 1.74 bits per heavy atom. The quantitative estimate of drug-likeness (QED) is 0.920. The minimum Gasteiger partial charge on any atom is -0.480 e. The van der Waals surface area contributed by atoms with E-state index >= 15 is 0 Å². The average molecular weight is 348 g/mol. The minimum atomic E-state index is -0.988. The van der Waals surface area contributed by atoms with E-state index in [1.807, 2.05) is 30.3 Å². The summed E-state index contributed by atoms with van der Waals surface area (Å²) in [6.45, 7) is 0. The summed E-state index contributed by atoms with van der Waals surface area (Å²) in [6, 6.07) is 15.1. The van der Waals surface area contributed by atoms with Crippen LogP contribution in [-0.2, 0) is 4.79 Å². The smallest absolute Gasteiger partial charge is 0.327 e. The number of benzene rings is 2. The third kappa shape index (κ3) is 3.21. The first kappa shape index (κ1) is 15.9. The molecule has 3 rings (SSSR count). The van der Waals surface area contributed by atoms with Gasteiger partial charge in [-0.15, -0.1) is 11.8 Å². The maximum Gasteiger partial charge on any atom is 0.327 e. The predicted molar refractivity (Wildman–Crippen MR) is 90.7 cm³/mol. The van der Waals surface area contributed by atoms with Gasteiger partial charge in [-0.1, -0.05) is 41.9 Å². The average Bonchev–Trinajstić information content (AvgIpc) is 3.01. The number of carboxylic acids is 1. The Morgan fingerprint density at radius 1 is 1.09 bits per heavy atom. The molecular weight excluding hydrogens is 334 g/mol. The van der Waals surface area contributed by atoms with E-state index < -0.39 is 12.0 Å². The molecule has 0 spiro atoms. The van der Waals surface area contributed by atoms with Crippen LogP contribution in [0.25, 0.3) is 0 Å². The zero-order valence-corrected chi connectivity index (χ0v) is 13.6. The zero-order valence-electron chi connectivity index (χ0n) is 12.1. The number of hydrogen-bond donors (Lipinski definition) is 1. The summed E-state index contributed by atoms with van der Waals surface area (Å²) in [4.78, 5) is 25.9. The Bertz CT molecular complexity index is 720. The molecule has 118 valence electrons. The standard InChI is InChI=1S/C17H14ClNO3S/c18-13-8-6-11(7-9-13)15(20)19-14(17(21)22)10-23-16(19)12-4-2-1-3-5-12/h1-9,14,16H,10H2,(H,21,22)/t14-,16+/m0/s1. The maximum absolute atomic E-state index is 12.9. The predicted octanol–water partition coefficient (Wildman–Crippen LogP) is 3.68. The van der Waals surface area contributed by atoms with Crippen LogP contribution in [0.15, 0.2) is 54.6 Å². The topological polar surface area (TPSA) is 57.6 Å². The van der Waals surface area contributed by atoms with E-state index in [9.17, 15) is 14.7 Å². The minimum absolute atomic E-state index is 0.298. The molecule has 6 heteroatoms. The molecule has 2 aromatic rings. The van der Waals surface area contributed by atoms with Gasteiger partial charge in [-0.3, -0.25) is 4.79 Å². The van der Waals surface area contributed by atoms with Crippen LogP contribution in [0.5, 0.6) is 0 Å². The highest BCUT2D eigenvalue weighted by Crippen LogP contribution is 2.42. The van der Waals surface area contributed by atoms with E-state index in [1.165, 1.54) is 16.7 Å². The number of carboxylic acid groups (broad SMARTS) is 1. The molecule has 1 aliphatic heterocycles. The molecular formula is C17H14ClNO3S. The number of carbonyl (C=O) groups excluding carboxylic acids is 1. The van der Waals surface area contributed by atoms with Gasteiger partial charge in [0.05, 0.1) is 0 Å². The zero-order chi connectivity index (χ0) is 16.4. The number of carbonyl (C=O) groups is 2. The normalized spacial score (nSPS) is 20.5. The highest BCUT2D eigenvalue weighted by Gasteiger charge is 2.42. The molecule has 0 aliphatic carbocycles. The van der Waals surface area contributed by atoms with Crippen LogP contribution < -0.4 is 0 Å². The summed E-state index contributed by atoms with van der Waals surface area (Å²) in [7, 11) is 0. The lowest BCUT2D eigenvalue weighted by Gasteiger charge is -2.27. The fourth-order valence-corrected chi connectivity index (χ4v) is 4.11.